The molecular formula is C15H23N5O. The standard InChI is InChI=1S/C15H23N5O/c1-18-9-11-19(12-10-18)14(21)13-5-6-16-15(17-13)20-7-3-2-4-8-20/h5-6H,2-4,7-12H2,1H3. The maximum Gasteiger partial charge on any atom is 0.272 e. The predicted octanol–water partition coefficient (Wildman–Crippen LogP) is 0.854. The van der Waals surface area contributed by atoms with Crippen molar-refractivity contribution < 1.29 is 4.79 Å². The molecule has 3 rings (SSSR count). The van der Waals surface area contributed by atoms with Gasteiger partial charge in [0, 0.05) is 45.5 Å². The van der Waals surface area contributed by atoms with Crippen LogP contribution in [-0.2, 0) is 0 Å². The molecular weight excluding hydrogens is 266 g/mol. The highest BCUT2D eigenvalue weighted by atomic mass is 16.2. The van der Waals surface area contributed by atoms with Gasteiger partial charge >= 0.3 is 0 Å². The van der Waals surface area contributed by atoms with E-state index in [0.717, 1.165) is 39.3 Å². The molecule has 0 aromatic carbocycles. The summed E-state index contributed by atoms with van der Waals surface area (Å²) < 4.78 is 0. The molecule has 2 fully saturated rings. The molecule has 114 valence electrons. The lowest BCUT2D eigenvalue weighted by atomic mass is 10.1. The Balaban J connectivity index is 1.71. The number of nitrogens with zero attached hydrogens (tertiary/aromatic N) is 5. The highest BCUT2D eigenvalue weighted by Crippen LogP contribution is 2.16. The van der Waals surface area contributed by atoms with Crippen molar-refractivity contribution in [1.29, 1.82) is 0 Å². The number of amides is 1. The highest BCUT2D eigenvalue weighted by molar-refractivity contribution is 5.92. The molecule has 0 radical (unpaired) electrons. The number of rotatable bonds is 2. The molecule has 2 saturated heterocycles. The number of carbonyl (C=O) groups excluding carboxylic acids is 1. The van der Waals surface area contributed by atoms with Gasteiger partial charge in [-0.1, -0.05) is 0 Å². The van der Waals surface area contributed by atoms with Gasteiger partial charge in [0.15, 0.2) is 0 Å². The molecule has 3 heterocycles. The fourth-order valence-electron chi connectivity index (χ4n) is 2.89. The molecule has 0 saturated carbocycles. The summed E-state index contributed by atoms with van der Waals surface area (Å²) in [5.41, 5.74) is 0.523. The number of aromatic nitrogens is 2. The van der Waals surface area contributed by atoms with Crippen molar-refractivity contribution >= 4 is 11.9 Å². The molecule has 0 N–H and O–H groups in total. The van der Waals surface area contributed by atoms with Crippen LogP contribution in [0.3, 0.4) is 0 Å². The van der Waals surface area contributed by atoms with E-state index >= 15 is 0 Å². The SMILES string of the molecule is CN1CCN(C(=O)c2ccnc(N3CCCCC3)n2)CC1. The third-order valence-corrected chi connectivity index (χ3v) is 4.29. The van der Waals surface area contributed by atoms with E-state index in [-0.39, 0.29) is 5.91 Å². The summed E-state index contributed by atoms with van der Waals surface area (Å²) in [6, 6.07) is 1.73. The first-order valence-electron chi connectivity index (χ1n) is 7.80. The van der Waals surface area contributed by atoms with Crippen LogP contribution in [0, 0.1) is 0 Å². The molecule has 2 aliphatic heterocycles. The van der Waals surface area contributed by atoms with Crippen LogP contribution in [0.4, 0.5) is 5.95 Å². The molecule has 1 amide bonds. The fraction of sp³-hybridized carbons (Fsp3) is 0.667. The average molecular weight is 289 g/mol. The number of hydrogen-bond donors (Lipinski definition) is 0. The predicted molar refractivity (Wildman–Crippen MR) is 81.5 cm³/mol. The van der Waals surface area contributed by atoms with Crippen LogP contribution < -0.4 is 4.90 Å². The van der Waals surface area contributed by atoms with Gasteiger partial charge in [-0.05, 0) is 32.4 Å². The Bertz CT molecular complexity index is 493. The van der Waals surface area contributed by atoms with E-state index in [1.165, 1.54) is 19.3 Å². The zero-order valence-electron chi connectivity index (χ0n) is 12.7. The Kier molecular flexibility index (Phi) is 4.34. The number of likely N-dealkylation sites (N-methyl/N-ethyl adjacent to an activating group) is 1. The average Bonchev–Trinajstić information content (AvgIpc) is 2.56. The highest BCUT2D eigenvalue weighted by Gasteiger charge is 2.22. The van der Waals surface area contributed by atoms with Crippen molar-refractivity contribution in [1.82, 2.24) is 19.8 Å². The molecule has 0 atom stereocenters. The molecule has 1 aromatic heterocycles. The Labute approximate surface area is 125 Å². The van der Waals surface area contributed by atoms with Crippen LogP contribution in [0.25, 0.3) is 0 Å². The fourth-order valence-corrected chi connectivity index (χ4v) is 2.89. The van der Waals surface area contributed by atoms with Crippen LogP contribution >= 0.6 is 0 Å². The van der Waals surface area contributed by atoms with Gasteiger partial charge in [-0.2, -0.15) is 0 Å². The van der Waals surface area contributed by atoms with Gasteiger partial charge in [0.25, 0.3) is 5.91 Å². The summed E-state index contributed by atoms with van der Waals surface area (Å²) in [5, 5.41) is 0. The van der Waals surface area contributed by atoms with Crippen LogP contribution in [0.5, 0.6) is 0 Å². The summed E-state index contributed by atoms with van der Waals surface area (Å²) in [4.78, 5) is 27.7. The second-order valence-corrected chi connectivity index (χ2v) is 5.89. The van der Waals surface area contributed by atoms with Crippen LogP contribution in [0.15, 0.2) is 12.3 Å². The number of hydrogen-bond acceptors (Lipinski definition) is 5. The Morgan fingerprint density at radius 2 is 1.76 bits per heavy atom. The largest absolute Gasteiger partial charge is 0.341 e. The van der Waals surface area contributed by atoms with E-state index in [2.05, 4.69) is 26.8 Å². The minimum absolute atomic E-state index is 0.0313. The summed E-state index contributed by atoms with van der Waals surface area (Å²) in [7, 11) is 2.08. The first kappa shape index (κ1) is 14.3. The quantitative estimate of drug-likeness (QED) is 0.808. The lowest BCUT2D eigenvalue weighted by Gasteiger charge is -2.32. The Hall–Kier alpha value is -1.69. The van der Waals surface area contributed by atoms with Gasteiger partial charge in [0.05, 0.1) is 0 Å². The topological polar surface area (TPSA) is 52.6 Å². The number of piperazine rings is 1. The van der Waals surface area contributed by atoms with Crippen molar-refractivity contribution in [3.8, 4) is 0 Å². The normalized spacial score (nSPS) is 20.6. The van der Waals surface area contributed by atoms with E-state index in [9.17, 15) is 4.79 Å². The van der Waals surface area contributed by atoms with E-state index in [1.54, 1.807) is 12.3 Å². The molecule has 21 heavy (non-hydrogen) atoms. The number of carbonyl (C=O) groups is 1. The van der Waals surface area contributed by atoms with E-state index in [0.29, 0.717) is 11.6 Å². The zero-order valence-corrected chi connectivity index (χ0v) is 12.7. The van der Waals surface area contributed by atoms with Crippen molar-refractivity contribution in [2.24, 2.45) is 0 Å². The number of piperidine rings is 1. The van der Waals surface area contributed by atoms with Gasteiger partial charge in [-0.15, -0.1) is 0 Å². The molecule has 6 nitrogen and oxygen atoms in total. The van der Waals surface area contributed by atoms with Crippen LogP contribution in [0.1, 0.15) is 29.8 Å². The van der Waals surface area contributed by atoms with Gasteiger partial charge in [-0.25, -0.2) is 9.97 Å². The smallest absolute Gasteiger partial charge is 0.272 e. The maximum absolute atomic E-state index is 12.5. The minimum atomic E-state index is 0.0313. The summed E-state index contributed by atoms with van der Waals surface area (Å²) in [5.74, 6) is 0.735. The van der Waals surface area contributed by atoms with Crippen molar-refractivity contribution in [2.75, 3.05) is 51.2 Å². The molecule has 0 spiro atoms. The molecule has 1 aromatic rings. The van der Waals surface area contributed by atoms with Gasteiger partial charge in [0.1, 0.15) is 5.69 Å². The first-order valence-corrected chi connectivity index (χ1v) is 7.80. The van der Waals surface area contributed by atoms with Gasteiger partial charge in [-0.3, -0.25) is 4.79 Å². The third kappa shape index (κ3) is 3.32. The van der Waals surface area contributed by atoms with Crippen molar-refractivity contribution in [2.45, 2.75) is 19.3 Å². The first-order chi connectivity index (χ1) is 10.2. The minimum Gasteiger partial charge on any atom is -0.341 e. The molecule has 2 aliphatic rings. The zero-order chi connectivity index (χ0) is 14.7. The molecule has 0 unspecified atom stereocenters. The monoisotopic (exact) mass is 289 g/mol. The Morgan fingerprint density at radius 1 is 1.05 bits per heavy atom. The van der Waals surface area contributed by atoms with E-state index in [1.807, 2.05) is 4.90 Å². The molecule has 0 bridgehead atoms. The molecule has 0 aliphatic carbocycles. The van der Waals surface area contributed by atoms with E-state index in [4.69, 9.17) is 0 Å². The van der Waals surface area contributed by atoms with Crippen LogP contribution in [0.2, 0.25) is 0 Å². The Morgan fingerprint density at radius 3 is 2.48 bits per heavy atom. The lowest BCUT2D eigenvalue weighted by molar-refractivity contribution is 0.0658. The molecule has 6 heteroatoms. The van der Waals surface area contributed by atoms with E-state index < -0.39 is 0 Å². The summed E-state index contributed by atoms with van der Waals surface area (Å²) in [6.45, 7) is 5.39. The van der Waals surface area contributed by atoms with Gasteiger partial charge in [0.2, 0.25) is 5.95 Å². The lowest BCUT2D eigenvalue weighted by Crippen LogP contribution is -2.47. The van der Waals surface area contributed by atoms with Crippen molar-refractivity contribution in [3.05, 3.63) is 18.0 Å². The maximum atomic E-state index is 12.5. The van der Waals surface area contributed by atoms with Crippen molar-refractivity contribution in [3.63, 3.8) is 0 Å². The summed E-state index contributed by atoms with van der Waals surface area (Å²) in [6.07, 6.45) is 5.34. The second kappa shape index (κ2) is 6.39. The summed E-state index contributed by atoms with van der Waals surface area (Å²) >= 11 is 0. The number of anilines is 1. The third-order valence-electron chi connectivity index (χ3n) is 4.29. The van der Waals surface area contributed by atoms with Gasteiger partial charge < -0.3 is 14.7 Å². The second-order valence-electron chi connectivity index (χ2n) is 5.89. The van der Waals surface area contributed by atoms with Crippen LogP contribution in [-0.4, -0.2) is 72.0 Å².